The molecule has 0 unspecified atom stereocenters. The molecule has 0 bridgehead atoms. The summed E-state index contributed by atoms with van der Waals surface area (Å²) in [4.78, 5) is 14.4. The van der Waals surface area contributed by atoms with Crippen molar-refractivity contribution in [1.29, 1.82) is 0 Å². The standard InChI is InChI=1S/C18H22FN5O.ClH/c1-12-2-3-15(19)14(10-12)18(25)23-7-4-13(5-8-23)17-22-21-16-11-20-6-9-24(16)17;/h2-3,10,13,20H,4-9,11H2,1H3;1H. The molecule has 2 aromatic rings. The van der Waals surface area contributed by atoms with E-state index >= 15 is 0 Å². The van der Waals surface area contributed by atoms with E-state index in [0.717, 1.165) is 49.7 Å². The van der Waals surface area contributed by atoms with Crippen LogP contribution in [-0.2, 0) is 13.1 Å². The predicted octanol–water partition coefficient (Wildman–Crippen LogP) is 2.27. The first-order chi connectivity index (χ1) is 12.1. The third-order valence-corrected chi connectivity index (χ3v) is 5.15. The summed E-state index contributed by atoms with van der Waals surface area (Å²) < 4.78 is 16.2. The first-order valence-electron chi connectivity index (χ1n) is 8.81. The summed E-state index contributed by atoms with van der Waals surface area (Å²) in [6, 6.07) is 4.68. The number of aromatic nitrogens is 3. The van der Waals surface area contributed by atoms with Crippen molar-refractivity contribution in [1.82, 2.24) is 25.0 Å². The average molecular weight is 380 g/mol. The first-order valence-corrected chi connectivity index (χ1v) is 8.81. The zero-order valence-corrected chi connectivity index (χ0v) is 15.6. The van der Waals surface area contributed by atoms with Crippen LogP contribution in [0.5, 0.6) is 0 Å². The van der Waals surface area contributed by atoms with E-state index < -0.39 is 5.82 Å². The number of piperidine rings is 1. The minimum absolute atomic E-state index is 0. The van der Waals surface area contributed by atoms with Crippen LogP contribution >= 0.6 is 12.4 Å². The van der Waals surface area contributed by atoms with Crippen LogP contribution in [0.1, 0.15) is 46.3 Å². The highest BCUT2D eigenvalue weighted by Gasteiger charge is 2.29. The molecular formula is C18H23ClFN5O. The second-order valence-electron chi connectivity index (χ2n) is 6.85. The molecular weight excluding hydrogens is 357 g/mol. The van der Waals surface area contributed by atoms with Gasteiger partial charge in [0.25, 0.3) is 5.91 Å². The summed E-state index contributed by atoms with van der Waals surface area (Å²) >= 11 is 0. The van der Waals surface area contributed by atoms with Crippen molar-refractivity contribution in [2.75, 3.05) is 19.6 Å². The average Bonchev–Trinajstić information content (AvgIpc) is 3.07. The molecule has 1 fully saturated rings. The Hall–Kier alpha value is -1.99. The van der Waals surface area contributed by atoms with Crippen molar-refractivity contribution in [3.8, 4) is 0 Å². The number of carbonyl (C=O) groups excluding carboxylic acids is 1. The van der Waals surface area contributed by atoms with Crippen LogP contribution in [-0.4, -0.2) is 45.2 Å². The summed E-state index contributed by atoms with van der Waals surface area (Å²) in [5.74, 6) is 1.67. The van der Waals surface area contributed by atoms with Gasteiger partial charge in [-0.1, -0.05) is 11.6 Å². The first kappa shape index (κ1) is 18.8. The Balaban J connectivity index is 0.00000196. The van der Waals surface area contributed by atoms with Crippen LogP contribution in [0.15, 0.2) is 18.2 Å². The monoisotopic (exact) mass is 379 g/mol. The molecule has 0 saturated carbocycles. The lowest BCUT2D eigenvalue weighted by Gasteiger charge is -2.32. The van der Waals surface area contributed by atoms with Crippen LogP contribution in [0.4, 0.5) is 4.39 Å². The summed E-state index contributed by atoms with van der Waals surface area (Å²) in [5, 5.41) is 12.0. The van der Waals surface area contributed by atoms with Crippen molar-refractivity contribution in [3.63, 3.8) is 0 Å². The van der Waals surface area contributed by atoms with Gasteiger partial charge in [-0.25, -0.2) is 4.39 Å². The lowest BCUT2D eigenvalue weighted by molar-refractivity contribution is 0.0705. The Morgan fingerprint density at radius 2 is 2.00 bits per heavy atom. The van der Waals surface area contributed by atoms with Crippen molar-refractivity contribution in [2.24, 2.45) is 0 Å². The highest BCUT2D eigenvalue weighted by Crippen LogP contribution is 2.28. The Labute approximate surface area is 158 Å². The maximum Gasteiger partial charge on any atom is 0.256 e. The van der Waals surface area contributed by atoms with Crippen molar-refractivity contribution < 1.29 is 9.18 Å². The molecule has 0 atom stereocenters. The van der Waals surface area contributed by atoms with Crippen molar-refractivity contribution in [2.45, 2.75) is 38.8 Å². The number of rotatable bonds is 2. The van der Waals surface area contributed by atoms with Gasteiger partial charge in [-0.15, -0.1) is 22.6 Å². The van der Waals surface area contributed by atoms with Crippen LogP contribution in [0.3, 0.4) is 0 Å². The van der Waals surface area contributed by atoms with Gasteiger partial charge in [0.1, 0.15) is 17.5 Å². The number of hydrogen-bond donors (Lipinski definition) is 1. The Kier molecular flexibility index (Phi) is 5.58. The molecule has 8 heteroatoms. The SMILES string of the molecule is Cc1ccc(F)c(C(=O)N2CCC(c3nnc4n3CCNC4)CC2)c1.Cl. The van der Waals surface area contributed by atoms with E-state index in [1.165, 1.54) is 6.07 Å². The van der Waals surface area contributed by atoms with Gasteiger partial charge in [-0.05, 0) is 31.9 Å². The highest BCUT2D eigenvalue weighted by molar-refractivity contribution is 5.94. The lowest BCUT2D eigenvalue weighted by Crippen LogP contribution is -2.39. The lowest BCUT2D eigenvalue weighted by atomic mass is 9.95. The molecule has 26 heavy (non-hydrogen) atoms. The molecule has 0 aliphatic carbocycles. The van der Waals surface area contributed by atoms with E-state index in [1.807, 2.05) is 6.92 Å². The molecule has 0 radical (unpaired) electrons. The summed E-state index contributed by atoms with van der Waals surface area (Å²) in [7, 11) is 0. The molecule has 3 heterocycles. The predicted molar refractivity (Wildman–Crippen MR) is 98.0 cm³/mol. The maximum atomic E-state index is 14.0. The molecule has 1 aromatic carbocycles. The fourth-order valence-electron chi connectivity index (χ4n) is 3.73. The molecule has 1 N–H and O–H groups in total. The summed E-state index contributed by atoms with van der Waals surface area (Å²) in [5.41, 5.74) is 1.06. The van der Waals surface area contributed by atoms with Gasteiger partial charge in [0, 0.05) is 32.1 Å². The number of benzene rings is 1. The topological polar surface area (TPSA) is 63.1 Å². The fraction of sp³-hybridized carbons (Fsp3) is 0.500. The largest absolute Gasteiger partial charge is 0.339 e. The fourth-order valence-corrected chi connectivity index (χ4v) is 3.73. The van der Waals surface area contributed by atoms with Gasteiger partial charge in [0.15, 0.2) is 0 Å². The third kappa shape index (κ3) is 3.46. The van der Waals surface area contributed by atoms with E-state index in [1.54, 1.807) is 17.0 Å². The van der Waals surface area contributed by atoms with Gasteiger partial charge >= 0.3 is 0 Å². The van der Waals surface area contributed by atoms with E-state index in [9.17, 15) is 9.18 Å². The second kappa shape index (κ2) is 7.72. The molecule has 140 valence electrons. The number of nitrogens with one attached hydrogen (secondary N) is 1. The molecule has 6 nitrogen and oxygen atoms in total. The number of hydrogen-bond acceptors (Lipinski definition) is 4. The number of nitrogens with zero attached hydrogens (tertiary/aromatic N) is 4. The summed E-state index contributed by atoms with van der Waals surface area (Å²) in [6.45, 7) is 5.70. The zero-order chi connectivity index (χ0) is 17.4. The molecule has 2 aliphatic heterocycles. The quantitative estimate of drug-likeness (QED) is 0.869. The molecule has 4 rings (SSSR count). The van der Waals surface area contributed by atoms with E-state index in [0.29, 0.717) is 19.0 Å². The Morgan fingerprint density at radius 3 is 2.77 bits per heavy atom. The minimum Gasteiger partial charge on any atom is -0.339 e. The van der Waals surface area contributed by atoms with Gasteiger partial charge in [0.2, 0.25) is 0 Å². The molecule has 2 aliphatic rings. The normalized spacial score (nSPS) is 17.5. The van der Waals surface area contributed by atoms with Gasteiger partial charge < -0.3 is 14.8 Å². The van der Waals surface area contributed by atoms with E-state index in [4.69, 9.17) is 0 Å². The molecule has 1 amide bonds. The number of likely N-dealkylation sites (tertiary alicyclic amines) is 1. The number of amides is 1. The number of fused-ring (bicyclic) bond motifs is 1. The molecule has 1 saturated heterocycles. The minimum atomic E-state index is -0.447. The van der Waals surface area contributed by atoms with Crippen LogP contribution in [0.25, 0.3) is 0 Å². The van der Waals surface area contributed by atoms with Crippen LogP contribution < -0.4 is 5.32 Å². The van der Waals surface area contributed by atoms with Gasteiger partial charge in [0.05, 0.1) is 12.1 Å². The van der Waals surface area contributed by atoms with Crippen LogP contribution in [0.2, 0.25) is 0 Å². The smallest absolute Gasteiger partial charge is 0.256 e. The Bertz CT molecular complexity index is 801. The Morgan fingerprint density at radius 1 is 1.23 bits per heavy atom. The molecule has 1 aromatic heterocycles. The van der Waals surface area contributed by atoms with Gasteiger partial charge in [-0.2, -0.15) is 0 Å². The van der Waals surface area contributed by atoms with E-state index in [2.05, 4.69) is 20.1 Å². The number of halogens is 2. The van der Waals surface area contributed by atoms with E-state index in [-0.39, 0.29) is 23.9 Å². The third-order valence-electron chi connectivity index (χ3n) is 5.15. The number of carbonyl (C=O) groups is 1. The van der Waals surface area contributed by atoms with Crippen molar-refractivity contribution >= 4 is 18.3 Å². The highest BCUT2D eigenvalue weighted by atomic mass is 35.5. The number of aryl methyl sites for hydroxylation is 1. The maximum absolute atomic E-state index is 14.0. The van der Waals surface area contributed by atoms with Crippen molar-refractivity contribution in [3.05, 3.63) is 46.8 Å². The molecule has 0 spiro atoms. The summed E-state index contributed by atoms with van der Waals surface area (Å²) in [6.07, 6.45) is 1.68. The van der Waals surface area contributed by atoms with Crippen LogP contribution in [0, 0.1) is 12.7 Å². The van der Waals surface area contributed by atoms with Gasteiger partial charge in [-0.3, -0.25) is 4.79 Å². The zero-order valence-electron chi connectivity index (χ0n) is 14.7. The second-order valence-corrected chi connectivity index (χ2v) is 6.85.